The Morgan fingerprint density at radius 3 is 2.42 bits per heavy atom. The number of nitrogens with zero attached hydrogens (tertiary/aromatic N) is 3. The van der Waals surface area contributed by atoms with Crippen LogP contribution in [-0.4, -0.2) is 47.6 Å². The summed E-state index contributed by atoms with van der Waals surface area (Å²) in [6.07, 6.45) is 3.81. The fourth-order valence-electron chi connectivity index (χ4n) is 2.06. The van der Waals surface area contributed by atoms with E-state index in [1.807, 2.05) is 13.0 Å². The number of anilines is 2. The van der Waals surface area contributed by atoms with Crippen LogP contribution < -0.4 is 10.6 Å². The SMILES string of the molecule is CCCNc1cc(NCCN(C)C2CC2)nc(C)n1. The second-order valence-corrected chi connectivity index (χ2v) is 5.25. The summed E-state index contributed by atoms with van der Waals surface area (Å²) in [5, 5.41) is 6.68. The second kappa shape index (κ2) is 6.70. The molecule has 0 bridgehead atoms. The molecule has 0 amide bonds. The Morgan fingerprint density at radius 2 is 1.84 bits per heavy atom. The summed E-state index contributed by atoms with van der Waals surface area (Å²) >= 11 is 0. The van der Waals surface area contributed by atoms with Crippen molar-refractivity contribution in [2.24, 2.45) is 0 Å². The highest BCUT2D eigenvalue weighted by atomic mass is 15.2. The predicted octanol–water partition coefficient (Wildman–Crippen LogP) is 2.11. The van der Waals surface area contributed by atoms with E-state index in [9.17, 15) is 0 Å². The van der Waals surface area contributed by atoms with Crippen molar-refractivity contribution < 1.29 is 0 Å². The first-order valence-corrected chi connectivity index (χ1v) is 7.22. The van der Waals surface area contributed by atoms with Gasteiger partial charge in [-0.2, -0.15) is 0 Å². The number of aromatic nitrogens is 2. The molecular formula is C14H25N5. The van der Waals surface area contributed by atoms with Crippen LogP contribution in [0.4, 0.5) is 11.6 Å². The number of hydrogen-bond acceptors (Lipinski definition) is 5. The minimum atomic E-state index is 0.805. The van der Waals surface area contributed by atoms with E-state index >= 15 is 0 Å². The van der Waals surface area contributed by atoms with E-state index in [0.29, 0.717) is 0 Å². The van der Waals surface area contributed by atoms with Crippen LogP contribution in [0.25, 0.3) is 0 Å². The third-order valence-electron chi connectivity index (χ3n) is 3.33. The highest BCUT2D eigenvalue weighted by Gasteiger charge is 2.25. The molecule has 0 saturated heterocycles. The maximum atomic E-state index is 4.42. The smallest absolute Gasteiger partial charge is 0.131 e. The van der Waals surface area contributed by atoms with Gasteiger partial charge in [0.15, 0.2) is 0 Å². The van der Waals surface area contributed by atoms with Crippen molar-refractivity contribution in [1.82, 2.24) is 14.9 Å². The fraction of sp³-hybridized carbons (Fsp3) is 0.714. The lowest BCUT2D eigenvalue weighted by Gasteiger charge is -2.16. The summed E-state index contributed by atoms with van der Waals surface area (Å²) in [6.45, 7) is 7.01. The Kier molecular flexibility index (Phi) is 4.96. The van der Waals surface area contributed by atoms with Gasteiger partial charge in [-0.15, -0.1) is 0 Å². The first kappa shape index (κ1) is 14.1. The average Bonchev–Trinajstić information content (AvgIpc) is 3.20. The highest BCUT2D eigenvalue weighted by Crippen LogP contribution is 2.24. The lowest BCUT2D eigenvalue weighted by molar-refractivity contribution is 0.337. The van der Waals surface area contributed by atoms with E-state index in [1.165, 1.54) is 12.8 Å². The van der Waals surface area contributed by atoms with Crippen LogP contribution in [-0.2, 0) is 0 Å². The number of hydrogen-bond donors (Lipinski definition) is 2. The molecule has 2 N–H and O–H groups in total. The van der Waals surface area contributed by atoms with Gasteiger partial charge in [0.2, 0.25) is 0 Å². The molecule has 0 radical (unpaired) electrons. The zero-order valence-corrected chi connectivity index (χ0v) is 12.2. The van der Waals surface area contributed by atoms with Gasteiger partial charge in [0.25, 0.3) is 0 Å². The van der Waals surface area contributed by atoms with Crippen LogP contribution in [0.5, 0.6) is 0 Å². The van der Waals surface area contributed by atoms with Gasteiger partial charge in [0.05, 0.1) is 0 Å². The zero-order valence-electron chi connectivity index (χ0n) is 12.2. The number of aryl methyl sites for hydroxylation is 1. The maximum Gasteiger partial charge on any atom is 0.131 e. The average molecular weight is 263 g/mol. The molecular weight excluding hydrogens is 238 g/mol. The van der Waals surface area contributed by atoms with Crippen LogP contribution in [0, 0.1) is 6.92 Å². The van der Waals surface area contributed by atoms with Crippen LogP contribution in [0.15, 0.2) is 6.07 Å². The minimum absolute atomic E-state index is 0.805. The predicted molar refractivity (Wildman–Crippen MR) is 79.7 cm³/mol. The van der Waals surface area contributed by atoms with Crippen LogP contribution in [0.2, 0.25) is 0 Å². The number of likely N-dealkylation sites (N-methyl/N-ethyl adjacent to an activating group) is 1. The molecule has 1 aromatic heterocycles. The Hall–Kier alpha value is -1.36. The van der Waals surface area contributed by atoms with Gasteiger partial charge in [-0.3, -0.25) is 0 Å². The number of rotatable bonds is 8. The summed E-state index contributed by atoms with van der Waals surface area (Å²) < 4.78 is 0. The molecule has 1 fully saturated rings. The molecule has 0 atom stereocenters. The lowest BCUT2D eigenvalue weighted by atomic mass is 10.4. The van der Waals surface area contributed by atoms with E-state index in [2.05, 4.69) is 39.5 Å². The fourth-order valence-corrected chi connectivity index (χ4v) is 2.06. The van der Waals surface area contributed by atoms with Crippen molar-refractivity contribution in [2.75, 3.05) is 37.3 Å². The summed E-state index contributed by atoms with van der Waals surface area (Å²) in [4.78, 5) is 11.2. The molecule has 106 valence electrons. The summed E-state index contributed by atoms with van der Waals surface area (Å²) in [7, 11) is 2.19. The molecule has 5 nitrogen and oxygen atoms in total. The molecule has 0 unspecified atom stereocenters. The third kappa shape index (κ3) is 4.67. The molecule has 0 spiro atoms. The van der Waals surface area contributed by atoms with Gasteiger partial charge >= 0.3 is 0 Å². The van der Waals surface area contributed by atoms with E-state index in [1.54, 1.807) is 0 Å². The molecule has 19 heavy (non-hydrogen) atoms. The molecule has 1 heterocycles. The Bertz CT molecular complexity index is 403. The molecule has 5 heteroatoms. The largest absolute Gasteiger partial charge is 0.370 e. The van der Waals surface area contributed by atoms with E-state index in [-0.39, 0.29) is 0 Å². The molecule has 1 aromatic rings. The third-order valence-corrected chi connectivity index (χ3v) is 3.33. The summed E-state index contributed by atoms with van der Waals surface area (Å²) in [5.74, 6) is 2.63. The van der Waals surface area contributed by atoms with Gasteiger partial charge in [0, 0.05) is 31.7 Å². The van der Waals surface area contributed by atoms with Crippen molar-refractivity contribution in [3.8, 4) is 0 Å². The zero-order chi connectivity index (χ0) is 13.7. The van der Waals surface area contributed by atoms with Gasteiger partial charge in [-0.25, -0.2) is 9.97 Å². The lowest BCUT2D eigenvalue weighted by Crippen LogP contribution is -2.27. The Labute approximate surface area is 115 Å². The first-order chi connectivity index (χ1) is 9.19. The Balaban J connectivity index is 1.82. The molecule has 2 rings (SSSR count). The van der Waals surface area contributed by atoms with Gasteiger partial charge in [0.1, 0.15) is 17.5 Å². The molecule has 1 aliphatic rings. The van der Waals surface area contributed by atoms with Crippen molar-refractivity contribution in [3.05, 3.63) is 11.9 Å². The number of nitrogens with one attached hydrogen (secondary N) is 2. The quantitative estimate of drug-likeness (QED) is 0.752. The summed E-state index contributed by atoms with van der Waals surface area (Å²) in [5.41, 5.74) is 0. The maximum absolute atomic E-state index is 4.42. The van der Waals surface area contributed by atoms with Crippen LogP contribution >= 0.6 is 0 Å². The van der Waals surface area contributed by atoms with Crippen molar-refractivity contribution in [3.63, 3.8) is 0 Å². The minimum Gasteiger partial charge on any atom is -0.370 e. The molecule has 0 aliphatic heterocycles. The van der Waals surface area contributed by atoms with Crippen LogP contribution in [0.3, 0.4) is 0 Å². The Morgan fingerprint density at radius 1 is 1.21 bits per heavy atom. The summed E-state index contributed by atoms with van der Waals surface area (Å²) in [6, 6.07) is 2.80. The monoisotopic (exact) mass is 263 g/mol. The van der Waals surface area contributed by atoms with E-state index < -0.39 is 0 Å². The van der Waals surface area contributed by atoms with Crippen molar-refractivity contribution in [1.29, 1.82) is 0 Å². The normalized spacial score (nSPS) is 14.7. The molecule has 1 aliphatic carbocycles. The van der Waals surface area contributed by atoms with Gasteiger partial charge < -0.3 is 15.5 Å². The van der Waals surface area contributed by atoms with E-state index in [4.69, 9.17) is 0 Å². The highest BCUT2D eigenvalue weighted by molar-refractivity contribution is 5.47. The van der Waals surface area contributed by atoms with Crippen molar-refractivity contribution >= 4 is 11.6 Å². The molecule has 0 aromatic carbocycles. The van der Waals surface area contributed by atoms with Crippen LogP contribution in [0.1, 0.15) is 32.0 Å². The standard InChI is InChI=1S/C14H25N5/c1-4-7-15-13-10-14(18-11(2)17-13)16-8-9-19(3)12-5-6-12/h10,12H,4-9H2,1-3H3,(H2,15,16,17,18). The molecule has 1 saturated carbocycles. The topological polar surface area (TPSA) is 53.1 Å². The van der Waals surface area contributed by atoms with E-state index in [0.717, 1.165) is 49.6 Å². The van der Waals surface area contributed by atoms with Gasteiger partial charge in [-0.1, -0.05) is 6.92 Å². The second-order valence-electron chi connectivity index (χ2n) is 5.25. The first-order valence-electron chi connectivity index (χ1n) is 7.22. The van der Waals surface area contributed by atoms with Gasteiger partial charge in [-0.05, 0) is 33.2 Å². The van der Waals surface area contributed by atoms with Crippen molar-refractivity contribution in [2.45, 2.75) is 39.2 Å².